The van der Waals surface area contributed by atoms with Crippen LogP contribution in [0.5, 0.6) is 5.75 Å². The highest BCUT2D eigenvalue weighted by atomic mass is 79.9. The number of ether oxygens (including phenoxy) is 1. The lowest BCUT2D eigenvalue weighted by atomic mass is 9.72. The first-order valence-electron chi connectivity index (χ1n) is 5.64. The van der Waals surface area contributed by atoms with Gasteiger partial charge in [0.15, 0.2) is 0 Å². The number of hydrogen-bond donors (Lipinski definition) is 0. The van der Waals surface area contributed by atoms with Gasteiger partial charge in [0.05, 0.1) is 6.61 Å². The first-order chi connectivity index (χ1) is 7.22. The van der Waals surface area contributed by atoms with Gasteiger partial charge in [-0.05, 0) is 37.5 Å². The van der Waals surface area contributed by atoms with Gasteiger partial charge in [0.25, 0.3) is 0 Å². The molecule has 0 bridgehead atoms. The average Bonchev–Trinajstić information content (AvgIpc) is 2.28. The summed E-state index contributed by atoms with van der Waals surface area (Å²) in [7, 11) is 0. The lowest BCUT2D eigenvalue weighted by Crippen LogP contribution is -2.31. The first-order valence-corrected chi connectivity index (χ1v) is 6.44. The summed E-state index contributed by atoms with van der Waals surface area (Å²) in [4.78, 5) is 0. The van der Waals surface area contributed by atoms with E-state index in [0.29, 0.717) is 5.41 Å². The van der Waals surface area contributed by atoms with E-state index in [9.17, 15) is 0 Å². The SMILES string of the molecule is CCC1(CC)CCOc2ccc(Br)cc21. The summed E-state index contributed by atoms with van der Waals surface area (Å²) >= 11 is 3.54. The Hall–Kier alpha value is -0.500. The maximum absolute atomic E-state index is 5.72. The van der Waals surface area contributed by atoms with Gasteiger partial charge in [-0.1, -0.05) is 29.8 Å². The van der Waals surface area contributed by atoms with Gasteiger partial charge >= 0.3 is 0 Å². The van der Waals surface area contributed by atoms with Crippen molar-refractivity contribution in [3.63, 3.8) is 0 Å². The van der Waals surface area contributed by atoms with Crippen LogP contribution >= 0.6 is 15.9 Å². The van der Waals surface area contributed by atoms with Crippen molar-refractivity contribution in [2.24, 2.45) is 0 Å². The third kappa shape index (κ3) is 1.80. The van der Waals surface area contributed by atoms with E-state index < -0.39 is 0 Å². The van der Waals surface area contributed by atoms with E-state index in [1.165, 1.54) is 18.4 Å². The molecule has 0 radical (unpaired) electrons. The van der Waals surface area contributed by atoms with Gasteiger partial charge in [0.2, 0.25) is 0 Å². The van der Waals surface area contributed by atoms with E-state index in [-0.39, 0.29) is 0 Å². The molecular formula is C13H17BrO. The molecule has 1 heterocycles. The van der Waals surface area contributed by atoms with Crippen molar-refractivity contribution in [1.82, 2.24) is 0 Å². The van der Waals surface area contributed by atoms with Gasteiger partial charge in [0.1, 0.15) is 5.75 Å². The van der Waals surface area contributed by atoms with Crippen LogP contribution in [0, 0.1) is 0 Å². The van der Waals surface area contributed by atoms with E-state index >= 15 is 0 Å². The summed E-state index contributed by atoms with van der Waals surface area (Å²) in [6, 6.07) is 6.36. The second-order valence-electron chi connectivity index (χ2n) is 4.23. The molecule has 1 aliphatic heterocycles. The predicted molar refractivity (Wildman–Crippen MR) is 66.5 cm³/mol. The summed E-state index contributed by atoms with van der Waals surface area (Å²) in [6.45, 7) is 5.41. The molecule has 0 fully saturated rings. The third-order valence-corrected chi connectivity index (χ3v) is 4.20. The van der Waals surface area contributed by atoms with Crippen LogP contribution < -0.4 is 4.74 Å². The van der Waals surface area contributed by atoms with E-state index in [0.717, 1.165) is 23.2 Å². The number of halogens is 1. The van der Waals surface area contributed by atoms with Crippen LogP contribution in [0.3, 0.4) is 0 Å². The fraction of sp³-hybridized carbons (Fsp3) is 0.538. The second-order valence-corrected chi connectivity index (χ2v) is 5.14. The van der Waals surface area contributed by atoms with Gasteiger partial charge in [-0.2, -0.15) is 0 Å². The summed E-state index contributed by atoms with van der Waals surface area (Å²) in [5.41, 5.74) is 1.71. The molecule has 1 aromatic carbocycles. The van der Waals surface area contributed by atoms with E-state index in [1.54, 1.807) is 0 Å². The van der Waals surface area contributed by atoms with E-state index in [2.05, 4.69) is 48.0 Å². The summed E-state index contributed by atoms with van der Waals surface area (Å²) in [5.74, 6) is 1.08. The molecule has 0 aromatic heterocycles. The monoisotopic (exact) mass is 268 g/mol. The molecular weight excluding hydrogens is 252 g/mol. The van der Waals surface area contributed by atoms with E-state index in [1.807, 2.05) is 0 Å². The average molecular weight is 269 g/mol. The van der Waals surface area contributed by atoms with Crippen LogP contribution in [0.15, 0.2) is 22.7 Å². The molecule has 0 saturated carbocycles. The van der Waals surface area contributed by atoms with Crippen LogP contribution in [0.1, 0.15) is 38.7 Å². The Morgan fingerprint density at radius 1 is 1.33 bits per heavy atom. The minimum Gasteiger partial charge on any atom is -0.493 e. The molecule has 0 atom stereocenters. The lowest BCUT2D eigenvalue weighted by Gasteiger charge is -2.37. The smallest absolute Gasteiger partial charge is 0.123 e. The Morgan fingerprint density at radius 3 is 2.73 bits per heavy atom. The minimum atomic E-state index is 0.331. The molecule has 0 amide bonds. The third-order valence-electron chi connectivity index (χ3n) is 3.70. The highest BCUT2D eigenvalue weighted by Crippen LogP contribution is 2.44. The van der Waals surface area contributed by atoms with Crippen molar-refractivity contribution in [1.29, 1.82) is 0 Å². The maximum atomic E-state index is 5.72. The molecule has 1 nitrogen and oxygen atoms in total. The van der Waals surface area contributed by atoms with Crippen LogP contribution in [-0.4, -0.2) is 6.61 Å². The fourth-order valence-electron chi connectivity index (χ4n) is 2.52. The Morgan fingerprint density at radius 2 is 2.07 bits per heavy atom. The Labute approximate surface area is 100.0 Å². The summed E-state index contributed by atoms with van der Waals surface area (Å²) < 4.78 is 6.87. The van der Waals surface area contributed by atoms with Crippen molar-refractivity contribution >= 4 is 15.9 Å². The molecule has 0 N–H and O–H groups in total. The second kappa shape index (κ2) is 4.17. The number of benzene rings is 1. The lowest BCUT2D eigenvalue weighted by molar-refractivity contribution is 0.204. The molecule has 2 heteroatoms. The molecule has 1 aliphatic rings. The number of hydrogen-bond acceptors (Lipinski definition) is 1. The Kier molecular flexibility index (Phi) is 3.06. The van der Waals surface area contributed by atoms with Crippen molar-refractivity contribution in [3.8, 4) is 5.75 Å². The predicted octanol–water partition coefficient (Wildman–Crippen LogP) is 4.29. The van der Waals surface area contributed by atoms with Gasteiger partial charge in [0, 0.05) is 15.5 Å². The highest BCUT2D eigenvalue weighted by Gasteiger charge is 2.34. The topological polar surface area (TPSA) is 9.23 Å². The normalized spacial score (nSPS) is 18.1. The molecule has 0 aliphatic carbocycles. The van der Waals surface area contributed by atoms with Crippen molar-refractivity contribution < 1.29 is 4.74 Å². The van der Waals surface area contributed by atoms with Gasteiger partial charge in [-0.15, -0.1) is 0 Å². The number of rotatable bonds is 2. The van der Waals surface area contributed by atoms with Gasteiger partial charge in [-0.3, -0.25) is 0 Å². The highest BCUT2D eigenvalue weighted by molar-refractivity contribution is 9.10. The standard InChI is InChI=1S/C13H17BrO/c1-3-13(4-2)7-8-15-12-6-5-10(14)9-11(12)13/h5-6,9H,3-4,7-8H2,1-2H3. The largest absolute Gasteiger partial charge is 0.493 e. The molecule has 0 spiro atoms. The summed E-state index contributed by atoms with van der Waals surface area (Å²) in [6.07, 6.45) is 3.52. The fourth-order valence-corrected chi connectivity index (χ4v) is 2.88. The summed E-state index contributed by atoms with van der Waals surface area (Å²) in [5, 5.41) is 0. The van der Waals surface area contributed by atoms with Crippen molar-refractivity contribution in [2.75, 3.05) is 6.61 Å². The first kappa shape index (κ1) is 11.0. The van der Waals surface area contributed by atoms with Crippen LogP contribution in [0.25, 0.3) is 0 Å². The Bertz CT molecular complexity index is 356. The van der Waals surface area contributed by atoms with E-state index in [4.69, 9.17) is 4.74 Å². The maximum Gasteiger partial charge on any atom is 0.123 e. The van der Waals surface area contributed by atoms with Crippen LogP contribution in [0.4, 0.5) is 0 Å². The molecule has 0 saturated heterocycles. The quantitative estimate of drug-likeness (QED) is 0.778. The molecule has 0 unspecified atom stereocenters. The van der Waals surface area contributed by atoms with Crippen LogP contribution in [0.2, 0.25) is 0 Å². The van der Waals surface area contributed by atoms with Gasteiger partial charge in [-0.25, -0.2) is 0 Å². The Balaban J connectivity index is 2.53. The van der Waals surface area contributed by atoms with Crippen molar-refractivity contribution in [3.05, 3.63) is 28.2 Å². The van der Waals surface area contributed by atoms with Crippen LogP contribution in [-0.2, 0) is 5.41 Å². The zero-order chi connectivity index (χ0) is 10.9. The number of fused-ring (bicyclic) bond motifs is 1. The van der Waals surface area contributed by atoms with Gasteiger partial charge < -0.3 is 4.74 Å². The molecule has 15 heavy (non-hydrogen) atoms. The van der Waals surface area contributed by atoms with Crippen molar-refractivity contribution in [2.45, 2.75) is 38.5 Å². The zero-order valence-electron chi connectivity index (χ0n) is 9.35. The molecule has 82 valence electrons. The molecule has 1 aromatic rings. The molecule has 2 rings (SSSR count). The minimum absolute atomic E-state index is 0.331. The zero-order valence-corrected chi connectivity index (χ0v) is 10.9.